The van der Waals surface area contributed by atoms with Crippen molar-refractivity contribution in [3.8, 4) is 0 Å². The van der Waals surface area contributed by atoms with Crippen molar-refractivity contribution in [1.29, 1.82) is 0 Å². The van der Waals surface area contributed by atoms with E-state index < -0.39 is 6.04 Å². The van der Waals surface area contributed by atoms with Crippen LogP contribution >= 0.6 is 24.8 Å². The Bertz CT molecular complexity index is 519. The van der Waals surface area contributed by atoms with Crippen molar-refractivity contribution in [2.75, 3.05) is 32.8 Å². The van der Waals surface area contributed by atoms with Crippen LogP contribution in [-0.4, -0.2) is 55.7 Å². The van der Waals surface area contributed by atoms with Gasteiger partial charge in [0.05, 0.1) is 12.6 Å². The maximum absolute atomic E-state index is 12.3. The van der Waals surface area contributed by atoms with Crippen molar-refractivity contribution in [3.05, 3.63) is 35.9 Å². The molecular formula is C19H31Cl2N3O2. The summed E-state index contributed by atoms with van der Waals surface area (Å²) in [5, 5.41) is 3.14. The first kappa shape index (κ1) is 23.2. The molecular weight excluding hydrogens is 373 g/mol. The third-order valence-corrected chi connectivity index (χ3v) is 5.11. The van der Waals surface area contributed by atoms with Gasteiger partial charge >= 0.3 is 0 Å². The summed E-state index contributed by atoms with van der Waals surface area (Å²) < 4.78 is 5.45. The Kier molecular flexibility index (Phi) is 10.5. The highest BCUT2D eigenvalue weighted by molar-refractivity contribution is 5.85. The highest BCUT2D eigenvalue weighted by Gasteiger charge is 2.25. The molecule has 26 heavy (non-hydrogen) atoms. The van der Waals surface area contributed by atoms with Crippen molar-refractivity contribution < 1.29 is 9.53 Å². The molecule has 1 aromatic carbocycles. The zero-order valence-corrected chi connectivity index (χ0v) is 16.8. The summed E-state index contributed by atoms with van der Waals surface area (Å²) >= 11 is 0. The van der Waals surface area contributed by atoms with Gasteiger partial charge in [-0.15, -0.1) is 24.8 Å². The Hall–Kier alpha value is -0.850. The van der Waals surface area contributed by atoms with E-state index in [2.05, 4.69) is 10.2 Å². The number of hydrogen-bond donors (Lipinski definition) is 2. The van der Waals surface area contributed by atoms with Crippen molar-refractivity contribution in [2.45, 2.75) is 37.8 Å². The summed E-state index contributed by atoms with van der Waals surface area (Å²) in [4.78, 5) is 14.8. The fraction of sp³-hybridized carbons (Fsp3) is 0.632. The summed E-state index contributed by atoms with van der Waals surface area (Å²) in [6.45, 7) is 5.06. The van der Waals surface area contributed by atoms with Gasteiger partial charge in [-0.3, -0.25) is 4.79 Å². The van der Waals surface area contributed by atoms with Crippen LogP contribution in [0.15, 0.2) is 30.3 Å². The van der Waals surface area contributed by atoms with Crippen LogP contribution < -0.4 is 11.1 Å². The van der Waals surface area contributed by atoms with Gasteiger partial charge in [-0.2, -0.15) is 0 Å². The second-order valence-corrected chi connectivity index (χ2v) is 7.11. The van der Waals surface area contributed by atoms with Gasteiger partial charge in [0.25, 0.3) is 0 Å². The average Bonchev–Trinajstić information content (AvgIpc) is 3.10. The van der Waals surface area contributed by atoms with Crippen molar-refractivity contribution >= 4 is 30.7 Å². The van der Waals surface area contributed by atoms with Gasteiger partial charge in [-0.05, 0) is 37.2 Å². The number of carbonyl (C=O) groups is 1. The van der Waals surface area contributed by atoms with Crippen LogP contribution in [0.2, 0.25) is 0 Å². The predicted octanol–water partition coefficient (Wildman–Crippen LogP) is 2.02. The van der Waals surface area contributed by atoms with Crippen molar-refractivity contribution in [1.82, 2.24) is 10.2 Å². The highest BCUT2D eigenvalue weighted by atomic mass is 35.5. The molecule has 0 aliphatic carbocycles. The van der Waals surface area contributed by atoms with Crippen LogP contribution in [0.5, 0.6) is 0 Å². The Balaban J connectivity index is 0.00000169. The zero-order chi connectivity index (χ0) is 16.8. The molecule has 3 rings (SSSR count). The number of benzene rings is 1. The van der Waals surface area contributed by atoms with Crippen molar-refractivity contribution in [3.63, 3.8) is 0 Å². The Labute approximate surface area is 168 Å². The molecule has 0 aromatic heterocycles. The fourth-order valence-electron chi connectivity index (χ4n) is 3.62. The Morgan fingerprint density at radius 3 is 2.50 bits per heavy atom. The van der Waals surface area contributed by atoms with E-state index in [1.54, 1.807) is 0 Å². The van der Waals surface area contributed by atoms with Crippen LogP contribution in [0.1, 0.15) is 24.8 Å². The Morgan fingerprint density at radius 2 is 1.88 bits per heavy atom. The first-order valence-electron chi connectivity index (χ1n) is 9.10. The van der Waals surface area contributed by atoms with E-state index in [1.165, 1.54) is 6.42 Å². The molecule has 0 saturated carbocycles. The van der Waals surface area contributed by atoms with Crippen LogP contribution in [0.4, 0.5) is 0 Å². The quantitative estimate of drug-likeness (QED) is 0.762. The molecule has 2 aliphatic rings. The number of halogens is 2. The van der Waals surface area contributed by atoms with E-state index in [4.69, 9.17) is 10.5 Å². The number of ether oxygens (including phenoxy) is 1. The highest BCUT2D eigenvalue weighted by Crippen LogP contribution is 2.17. The van der Waals surface area contributed by atoms with E-state index in [1.807, 2.05) is 30.3 Å². The van der Waals surface area contributed by atoms with Gasteiger partial charge in [0.15, 0.2) is 0 Å². The lowest BCUT2D eigenvalue weighted by Crippen LogP contribution is -2.50. The third kappa shape index (κ3) is 7.05. The number of rotatable bonds is 6. The average molecular weight is 404 g/mol. The molecule has 2 atom stereocenters. The summed E-state index contributed by atoms with van der Waals surface area (Å²) in [7, 11) is 0. The smallest absolute Gasteiger partial charge is 0.237 e. The maximum Gasteiger partial charge on any atom is 0.237 e. The van der Waals surface area contributed by atoms with Crippen molar-refractivity contribution in [2.24, 2.45) is 11.7 Å². The van der Waals surface area contributed by atoms with Crippen LogP contribution in [0.3, 0.4) is 0 Å². The summed E-state index contributed by atoms with van der Waals surface area (Å²) in [6, 6.07) is 9.74. The zero-order valence-electron chi connectivity index (χ0n) is 15.1. The third-order valence-electron chi connectivity index (χ3n) is 5.11. The van der Waals surface area contributed by atoms with Gasteiger partial charge in [0.2, 0.25) is 5.91 Å². The number of amides is 1. The second kappa shape index (κ2) is 11.8. The monoisotopic (exact) mass is 403 g/mol. The molecule has 0 spiro atoms. The number of likely N-dealkylation sites (tertiary alicyclic amines) is 1. The van der Waals surface area contributed by atoms with Gasteiger partial charge in [-0.25, -0.2) is 0 Å². The number of piperidine rings is 1. The SMILES string of the molecule is Cl.Cl.NC(Cc1ccccc1)C(=O)NC1CCN(CC2CCOC2)CC1. The lowest BCUT2D eigenvalue weighted by atomic mass is 10.0. The molecule has 7 heteroatoms. The molecule has 1 amide bonds. The fourth-order valence-corrected chi connectivity index (χ4v) is 3.62. The molecule has 2 fully saturated rings. The lowest BCUT2D eigenvalue weighted by molar-refractivity contribution is -0.123. The van der Waals surface area contributed by atoms with Gasteiger partial charge in [0.1, 0.15) is 0 Å². The summed E-state index contributed by atoms with van der Waals surface area (Å²) in [6.07, 6.45) is 3.80. The number of hydrogen-bond acceptors (Lipinski definition) is 4. The molecule has 2 heterocycles. The van der Waals surface area contributed by atoms with Crippen LogP contribution in [0, 0.1) is 5.92 Å². The van der Waals surface area contributed by atoms with E-state index >= 15 is 0 Å². The topological polar surface area (TPSA) is 67.6 Å². The Morgan fingerprint density at radius 1 is 1.19 bits per heavy atom. The minimum atomic E-state index is -0.471. The molecule has 0 bridgehead atoms. The molecule has 1 aromatic rings. The maximum atomic E-state index is 12.3. The molecule has 2 aliphatic heterocycles. The summed E-state index contributed by atoms with van der Waals surface area (Å²) in [5.41, 5.74) is 7.17. The number of nitrogens with one attached hydrogen (secondary N) is 1. The van der Waals surface area contributed by atoms with E-state index in [9.17, 15) is 4.79 Å². The van der Waals surface area contributed by atoms with Gasteiger partial charge in [0, 0.05) is 32.3 Å². The largest absolute Gasteiger partial charge is 0.381 e. The molecule has 2 saturated heterocycles. The number of nitrogens with zero attached hydrogens (tertiary/aromatic N) is 1. The predicted molar refractivity (Wildman–Crippen MR) is 109 cm³/mol. The van der Waals surface area contributed by atoms with Crippen LogP contribution in [-0.2, 0) is 16.0 Å². The van der Waals surface area contributed by atoms with E-state index in [0.717, 1.165) is 51.3 Å². The lowest BCUT2D eigenvalue weighted by Gasteiger charge is -2.34. The standard InChI is InChI=1S/C19H29N3O2.2ClH/c20-18(12-15-4-2-1-3-5-15)19(23)21-17-6-9-22(10-7-17)13-16-8-11-24-14-16;;/h1-5,16-18H,6-14,20H2,(H,21,23);2*1H. The number of carbonyl (C=O) groups excluding carboxylic acids is 1. The summed E-state index contributed by atoms with van der Waals surface area (Å²) in [5.74, 6) is 0.664. The van der Waals surface area contributed by atoms with Gasteiger partial charge < -0.3 is 20.7 Å². The molecule has 2 unspecified atom stereocenters. The van der Waals surface area contributed by atoms with E-state index in [0.29, 0.717) is 12.3 Å². The molecule has 148 valence electrons. The first-order chi connectivity index (χ1) is 11.7. The number of nitrogens with two attached hydrogens (primary N) is 1. The second-order valence-electron chi connectivity index (χ2n) is 7.11. The normalized spacial score (nSPS) is 22.1. The molecule has 3 N–H and O–H groups in total. The molecule has 5 nitrogen and oxygen atoms in total. The minimum Gasteiger partial charge on any atom is -0.381 e. The first-order valence-corrected chi connectivity index (χ1v) is 9.10. The van der Waals surface area contributed by atoms with Crippen LogP contribution in [0.25, 0.3) is 0 Å². The molecule has 0 radical (unpaired) electrons. The van der Waals surface area contributed by atoms with Gasteiger partial charge in [-0.1, -0.05) is 30.3 Å². The minimum absolute atomic E-state index is 0. The van der Waals surface area contributed by atoms with E-state index in [-0.39, 0.29) is 36.8 Å².